The molecular weight excluding hydrogens is 324 g/mol. The topological polar surface area (TPSA) is 39.7 Å². The Balaban J connectivity index is 1.35. The molecule has 26 heavy (non-hydrogen) atoms. The normalized spacial score (nSPS) is 19.1. The molecule has 1 saturated heterocycles. The highest BCUT2D eigenvalue weighted by molar-refractivity contribution is 5.81. The van der Waals surface area contributed by atoms with Crippen LogP contribution in [0.5, 0.6) is 0 Å². The van der Waals surface area contributed by atoms with Gasteiger partial charge in [0, 0.05) is 45.5 Å². The minimum Gasteiger partial charge on any atom is -0.353 e. The average Bonchev–Trinajstić information content (AvgIpc) is 2.73. The third kappa shape index (κ3) is 3.44. The number of benzene rings is 1. The molecule has 1 amide bonds. The van der Waals surface area contributed by atoms with E-state index in [-0.39, 0.29) is 11.9 Å². The molecule has 1 atom stereocenters. The van der Waals surface area contributed by atoms with Crippen LogP contribution >= 0.6 is 0 Å². The highest BCUT2D eigenvalue weighted by atomic mass is 16.2. The number of anilines is 1. The zero-order valence-corrected chi connectivity index (χ0v) is 15.3. The number of carbonyl (C=O) groups is 1. The Morgan fingerprint density at radius 1 is 0.962 bits per heavy atom. The molecule has 0 bridgehead atoms. The average molecular weight is 350 g/mol. The van der Waals surface area contributed by atoms with Crippen LogP contribution in [0.1, 0.15) is 18.1 Å². The molecule has 0 radical (unpaired) electrons. The molecule has 1 aromatic carbocycles. The van der Waals surface area contributed by atoms with E-state index in [0.29, 0.717) is 0 Å². The Morgan fingerprint density at radius 3 is 2.42 bits per heavy atom. The van der Waals surface area contributed by atoms with Crippen molar-refractivity contribution in [3.63, 3.8) is 0 Å². The van der Waals surface area contributed by atoms with E-state index in [9.17, 15) is 4.79 Å². The van der Waals surface area contributed by atoms with Crippen molar-refractivity contribution in [2.45, 2.75) is 25.9 Å². The van der Waals surface area contributed by atoms with Gasteiger partial charge in [0.25, 0.3) is 0 Å². The van der Waals surface area contributed by atoms with E-state index >= 15 is 0 Å². The molecule has 4 rings (SSSR count). The molecule has 0 spiro atoms. The number of carbonyl (C=O) groups excluding carboxylic acids is 1. The Labute approximate surface area is 155 Å². The highest BCUT2D eigenvalue weighted by Crippen LogP contribution is 2.21. The number of aromatic nitrogens is 1. The van der Waals surface area contributed by atoms with Gasteiger partial charge in [0.15, 0.2) is 0 Å². The number of amides is 1. The maximum absolute atomic E-state index is 13.0. The van der Waals surface area contributed by atoms with E-state index in [4.69, 9.17) is 0 Å². The molecule has 1 unspecified atom stereocenters. The van der Waals surface area contributed by atoms with Gasteiger partial charge in [-0.25, -0.2) is 4.98 Å². The van der Waals surface area contributed by atoms with Crippen LogP contribution in [0, 0.1) is 0 Å². The highest BCUT2D eigenvalue weighted by Gasteiger charge is 2.30. The second kappa shape index (κ2) is 7.46. The summed E-state index contributed by atoms with van der Waals surface area (Å²) in [5.74, 6) is 1.25. The maximum Gasteiger partial charge on any atom is 0.239 e. The first-order valence-electron chi connectivity index (χ1n) is 9.48. The molecule has 136 valence electrons. The number of pyridine rings is 1. The third-order valence-corrected chi connectivity index (χ3v) is 5.63. The molecule has 0 N–H and O–H groups in total. The Hall–Kier alpha value is -2.40. The molecule has 2 aliphatic rings. The Bertz CT molecular complexity index is 756. The van der Waals surface area contributed by atoms with Crippen LogP contribution in [0.4, 0.5) is 5.82 Å². The number of piperazine rings is 1. The van der Waals surface area contributed by atoms with Crippen molar-refractivity contribution >= 4 is 11.7 Å². The molecule has 0 saturated carbocycles. The zero-order valence-electron chi connectivity index (χ0n) is 15.3. The summed E-state index contributed by atoms with van der Waals surface area (Å²) in [6.07, 6.45) is 2.85. The van der Waals surface area contributed by atoms with E-state index in [2.05, 4.69) is 46.0 Å². The lowest BCUT2D eigenvalue weighted by molar-refractivity contribution is -0.137. The quantitative estimate of drug-likeness (QED) is 0.851. The summed E-state index contributed by atoms with van der Waals surface area (Å²) in [7, 11) is 0. The van der Waals surface area contributed by atoms with Crippen LogP contribution in [0.2, 0.25) is 0 Å². The fourth-order valence-electron chi connectivity index (χ4n) is 3.97. The summed E-state index contributed by atoms with van der Waals surface area (Å²) < 4.78 is 0. The predicted molar refractivity (Wildman–Crippen MR) is 103 cm³/mol. The van der Waals surface area contributed by atoms with Crippen molar-refractivity contribution in [1.29, 1.82) is 0 Å². The summed E-state index contributed by atoms with van der Waals surface area (Å²) in [5.41, 5.74) is 2.78. The molecule has 0 aliphatic carbocycles. The number of hydrogen-bond acceptors (Lipinski definition) is 4. The molecular formula is C21H26N4O. The third-order valence-electron chi connectivity index (χ3n) is 5.63. The van der Waals surface area contributed by atoms with E-state index in [1.807, 2.05) is 29.3 Å². The fraction of sp³-hybridized carbons (Fsp3) is 0.429. The first-order valence-corrected chi connectivity index (χ1v) is 9.48. The first-order chi connectivity index (χ1) is 12.7. The molecule has 5 nitrogen and oxygen atoms in total. The minimum atomic E-state index is -0.0650. The predicted octanol–water partition coefficient (Wildman–Crippen LogP) is 2.18. The van der Waals surface area contributed by atoms with E-state index < -0.39 is 0 Å². The number of hydrogen-bond donors (Lipinski definition) is 0. The summed E-state index contributed by atoms with van der Waals surface area (Å²) in [6, 6.07) is 14.5. The van der Waals surface area contributed by atoms with Crippen LogP contribution in [0.25, 0.3) is 0 Å². The van der Waals surface area contributed by atoms with Gasteiger partial charge in [0.05, 0.1) is 6.04 Å². The van der Waals surface area contributed by atoms with Gasteiger partial charge in [0.2, 0.25) is 5.91 Å². The molecule has 2 aliphatic heterocycles. The number of fused-ring (bicyclic) bond motifs is 1. The summed E-state index contributed by atoms with van der Waals surface area (Å²) in [5, 5.41) is 0. The summed E-state index contributed by atoms with van der Waals surface area (Å²) in [4.78, 5) is 24.0. The molecule has 2 aromatic rings. The first kappa shape index (κ1) is 17.0. The number of nitrogens with zero attached hydrogens (tertiary/aromatic N) is 4. The Kier molecular flexibility index (Phi) is 4.89. The molecule has 5 heteroatoms. The standard InChI is InChI=1S/C21H26N4O/c1-17(25-11-9-18-6-2-3-7-19(18)16-25)21(26)24-14-12-23(13-15-24)20-8-4-5-10-22-20/h2-8,10,17H,9,11-16H2,1H3. The van der Waals surface area contributed by atoms with Crippen molar-refractivity contribution in [3.8, 4) is 0 Å². The van der Waals surface area contributed by atoms with E-state index in [1.54, 1.807) is 0 Å². The molecule has 1 fully saturated rings. The van der Waals surface area contributed by atoms with Gasteiger partial charge in [-0.3, -0.25) is 9.69 Å². The van der Waals surface area contributed by atoms with Gasteiger partial charge in [-0.15, -0.1) is 0 Å². The molecule has 3 heterocycles. The van der Waals surface area contributed by atoms with E-state index in [0.717, 1.165) is 51.5 Å². The lowest BCUT2D eigenvalue weighted by atomic mass is 9.98. The summed E-state index contributed by atoms with van der Waals surface area (Å²) >= 11 is 0. The largest absolute Gasteiger partial charge is 0.353 e. The molecule has 1 aromatic heterocycles. The number of rotatable bonds is 3. The van der Waals surface area contributed by atoms with Crippen molar-refractivity contribution in [2.75, 3.05) is 37.6 Å². The van der Waals surface area contributed by atoms with Gasteiger partial charge in [-0.1, -0.05) is 30.3 Å². The van der Waals surface area contributed by atoms with Crippen molar-refractivity contribution in [2.24, 2.45) is 0 Å². The van der Waals surface area contributed by atoms with Gasteiger partial charge < -0.3 is 9.80 Å². The smallest absolute Gasteiger partial charge is 0.239 e. The van der Waals surface area contributed by atoms with Crippen molar-refractivity contribution in [3.05, 3.63) is 59.8 Å². The van der Waals surface area contributed by atoms with Gasteiger partial charge >= 0.3 is 0 Å². The maximum atomic E-state index is 13.0. The lowest BCUT2D eigenvalue weighted by Crippen LogP contribution is -2.54. The van der Waals surface area contributed by atoms with Gasteiger partial charge in [0.1, 0.15) is 5.82 Å². The van der Waals surface area contributed by atoms with Crippen LogP contribution in [-0.4, -0.2) is 59.5 Å². The van der Waals surface area contributed by atoms with Crippen molar-refractivity contribution < 1.29 is 4.79 Å². The van der Waals surface area contributed by atoms with Crippen LogP contribution in [0.3, 0.4) is 0 Å². The fourth-order valence-corrected chi connectivity index (χ4v) is 3.97. The SMILES string of the molecule is CC(C(=O)N1CCN(c2ccccn2)CC1)N1CCc2ccccc2C1. The Morgan fingerprint density at radius 2 is 1.69 bits per heavy atom. The second-order valence-corrected chi connectivity index (χ2v) is 7.17. The van der Waals surface area contributed by atoms with Gasteiger partial charge in [-0.05, 0) is 36.6 Å². The van der Waals surface area contributed by atoms with Crippen LogP contribution in [0.15, 0.2) is 48.7 Å². The second-order valence-electron chi connectivity index (χ2n) is 7.17. The van der Waals surface area contributed by atoms with Crippen LogP contribution in [-0.2, 0) is 17.8 Å². The van der Waals surface area contributed by atoms with Crippen molar-refractivity contribution in [1.82, 2.24) is 14.8 Å². The zero-order chi connectivity index (χ0) is 17.9. The van der Waals surface area contributed by atoms with E-state index in [1.165, 1.54) is 11.1 Å². The lowest BCUT2D eigenvalue weighted by Gasteiger charge is -2.39. The minimum absolute atomic E-state index is 0.0650. The van der Waals surface area contributed by atoms with Gasteiger partial charge in [-0.2, -0.15) is 0 Å². The van der Waals surface area contributed by atoms with Crippen LogP contribution < -0.4 is 4.90 Å². The monoisotopic (exact) mass is 350 g/mol. The summed E-state index contributed by atoms with van der Waals surface area (Å²) in [6.45, 7) is 7.11.